The average molecular weight is 268 g/mol. The first-order chi connectivity index (χ1) is 9.66. The summed E-state index contributed by atoms with van der Waals surface area (Å²) in [5, 5.41) is 0. The third kappa shape index (κ3) is 4.00. The van der Waals surface area contributed by atoms with Crippen molar-refractivity contribution in [1.82, 2.24) is 9.88 Å². The van der Waals surface area contributed by atoms with Crippen LogP contribution in [0.4, 0.5) is 0 Å². The quantitative estimate of drug-likeness (QED) is 0.755. The molecule has 1 aromatic heterocycles. The predicted octanol–water partition coefficient (Wildman–Crippen LogP) is 3.03. The first-order valence-electron chi connectivity index (χ1n) is 6.83. The number of Topliss-reactive ketones (excluding diaryl/α,β-unsaturated/α-hetero) is 1. The van der Waals surface area contributed by atoms with Gasteiger partial charge in [-0.1, -0.05) is 43.3 Å². The van der Waals surface area contributed by atoms with Crippen LogP contribution in [0.15, 0.2) is 54.9 Å². The van der Waals surface area contributed by atoms with Crippen LogP contribution in [0, 0.1) is 5.92 Å². The lowest BCUT2D eigenvalue weighted by Gasteiger charge is -2.20. The number of hydrogen-bond acceptors (Lipinski definition) is 3. The van der Waals surface area contributed by atoms with Gasteiger partial charge in [0.05, 0.1) is 0 Å². The topological polar surface area (TPSA) is 33.2 Å². The molecule has 104 valence electrons. The Bertz CT molecular complexity index is 539. The van der Waals surface area contributed by atoms with Crippen molar-refractivity contribution in [3.05, 3.63) is 66.0 Å². The van der Waals surface area contributed by atoms with Gasteiger partial charge < -0.3 is 4.90 Å². The molecule has 2 rings (SSSR count). The number of carbonyl (C=O) groups excluding carboxylic acids is 1. The Balaban J connectivity index is 1.91. The summed E-state index contributed by atoms with van der Waals surface area (Å²) < 4.78 is 0. The summed E-state index contributed by atoms with van der Waals surface area (Å²) in [6.45, 7) is 3.53. The number of hydrogen-bond donors (Lipinski definition) is 0. The maximum atomic E-state index is 12.3. The molecule has 1 heterocycles. The van der Waals surface area contributed by atoms with Gasteiger partial charge in [0.1, 0.15) is 0 Å². The van der Waals surface area contributed by atoms with Gasteiger partial charge in [-0.25, -0.2) is 0 Å². The smallest absolute Gasteiger partial charge is 0.166 e. The van der Waals surface area contributed by atoms with Crippen molar-refractivity contribution >= 4 is 5.78 Å². The molecule has 0 aliphatic carbocycles. The monoisotopic (exact) mass is 268 g/mol. The maximum Gasteiger partial charge on any atom is 0.166 e. The summed E-state index contributed by atoms with van der Waals surface area (Å²) in [6.07, 6.45) is 3.63. The summed E-state index contributed by atoms with van der Waals surface area (Å²) in [5.74, 6) is 0.183. The van der Waals surface area contributed by atoms with Gasteiger partial charge in [0.2, 0.25) is 0 Å². The molecule has 1 aromatic carbocycles. The number of aromatic nitrogens is 1. The van der Waals surface area contributed by atoms with E-state index in [1.807, 2.05) is 62.6 Å². The number of carbonyl (C=O) groups is 1. The van der Waals surface area contributed by atoms with Crippen molar-refractivity contribution in [2.24, 2.45) is 5.92 Å². The Morgan fingerprint density at radius 2 is 1.95 bits per heavy atom. The zero-order valence-electron chi connectivity index (χ0n) is 12.0. The molecule has 3 heteroatoms. The van der Waals surface area contributed by atoms with Gasteiger partial charge >= 0.3 is 0 Å². The van der Waals surface area contributed by atoms with Crippen LogP contribution in [0.3, 0.4) is 0 Å². The van der Waals surface area contributed by atoms with E-state index in [2.05, 4.69) is 9.88 Å². The van der Waals surface area contributed by atoms with Gasteiger partial charge in [-0.15, -0.1) is 0 Å². The Morgan fingerprint density at radius 3 is 2.60 bits per heavy atom. The van der Waals surface area contributed by atoms with E-state index in [1.54, 1.807) is 6.20 Å². The second-order valence-corrected chi connectivity index (χ2v) is 5.19. The lowest BCUT2D eigenvalue weighted by atomic mass is 9.99. The van der Waals surface area contributed by atoms with Gasteiger partial charge in [0, 0.05) is 37.0 Å². The molecule has 2 aromatic rings. The minimum Gasteiger partial charge on any atom is -0.301 e. The zero-order valence-corrected chi connectivity index (χ0v) is 12.0. The number of pyridine rings is 1. The van der Waals surface area contributed by atoms with E-state index >= 15 is 0 Å². The van der Waals surface area contributed by atoms with Crippen molar-refractivity contribution < 1.29 is 4.79 Å². The molecular weight excluding hydrogens is 248 g/mol. The molecule has 0 N–H and O–H groups in total. The molecule has 3 nitrogen and oxygen atoms in total. The van der Waals surface area contributed by atoms with Crippen molar-refractivity contribution in [2.45, 2.75) is 13.5 Å². The van der Waals surface area contributed by atoms with E-state index < -0.39 is 0 Å². The highest BCUT2D eigenvalue weighted by molar-refractivity contribution is 5.97. The van der Waals surface area contributed by atoms with Crippen LogP contribution >= 0.6 is 0 Å². The van der Waals surface area contributed by atoms with Crippen molar-refractivity contribution in [2.75, 3.05) is 13.6 Å². The van der Waals surface area contributed by atoms with Crippen LogP contribution in [-0.4, -0.2) is 29.3 Å². The fraction of sp³-hybridized carbons (Fsp3) is 0.294. The fourth-order valence-corrected chi connectivity index (χ4v) is 2.31. The van der Waals surface area contributed by atoms with Gasteiger partial charge in [0.25, 0.3) is 0 Å². The molecule has 0 amide bonds. The molecule has 0 fully saturated rings. The van der Waals surface area contributed by atoms with Gasteiger partial charge in [-0.2, -0.15) is 0 Å². The fourth-order valence-electron chi connectivity index (χ4n) is 2.31. The lowest BCUT2D eigenvalue weighted by Crippen LogP contribution is -2.28. The maximum absolute atomic E-state index is 12.3. The van der Waals surface area contributed by atoms with E-state index in [0.29, 0.717) is 0 Å². The minimum atomic E-state index is -0.0147. The standard InChI is InChI=1S/C17H20N2O/c1-14(17(20)16-8-4-3-5-9-16)12-19(2)13-15-7-6-10-18-11-15/h3-11,14H,12-13H2,1-2H3. The van der Waals surface area contributed by atoms with Crippen LogP contribution in [-0.2, 0) is 6.54 Å². The predicted molar refractivity (Wildman–Crippen MR) is 80.5 cm³/mol. The number of rotatable bonds is 6. The Labute approximate surface area is 120 Å². The van der Waals surface area contributed by atoms with Gasteiger partial charge in [-0.05, 0) is 18.7 Å². The molecule has 0 aliphatic heterocycles. The second kappa shape index (κ2) is 6.96. The molecular formula is C17H20N2O. The average Bonchev–Trinajstić information content (AvgIpc) is 2.48. The van der Waals surface area contributed by atoms with Crippen LogP contribution in [0.5, 0.6) is 0 Å². The Hall–Kier alpha value is -2.00. The molecule has 0 bridgehead atoms. The molecule has 1 unspecified atom stereocenters. The van der Waals surface area contributed by atoms with Crippen LogP contribution < -0.4 is 0 Å². The van der Waals surface area contributed by atoms with E-state index in [4.69, 9.17) is 0 Å². The van der Waals surface area contributed by atoms with Crippen LogP contribution in [0.1, 0.15) is 22.8 Å². The first kappa shape index (κ1) is 14.4. The molecule has 0 saturated heterocycles. The first-order valence-corrected chi connectivity index (χ1v) is 6.83. The van der Waals surface area contributed by atoms with Gasteiger partial charge in [0.15, 0.2) is 5.78 Å². The van der Waals surface area contributed by atoms with Gasteiger partial charge in [-0.3, -0.25) is 9.78 Å². The lowest BCUT2D eigenvalue weighted by molar-refractivity contribution is 0.0901. The molecule has 0 aliphatic rings. The summed E-state index contributed by atoms with van der Waals surface area (Å²) in [5.41, 5.74) is 1.95. The number of benzene rings is 1. The summed E-state index contributed by atoms with van der Waals surface area (Å²) in [6, 6.07) is 13.5. The van der Waals surface area contributed by atoms with Crippen molar-refractivity contribution in [1.29, 1.82) is 0 Å². The molecule has 20 heavy (non-hydrogen) atoms. The van der Waals surface area contributed by atoms with E-state index in [1.165, 1.54) is 0 Å². The highest BCUT2D eigenvalue weighted by Gasteiger charge is 2.16. The number of ketones is 1. The third-order valence-electron chi connectivity index (χ3n) is 3.27. The molecule has 1 atom stereocenters. The summed E-state index contributed by atoms with van der Waals surface area (Å²) in [4.78, 5) is 18.6. The van der Waals surface area contributed by atoms with Crippen molar-refractivity contribution in [3.63, 3.8) is 0 Å². The van der Waals surface area contributed by atoms with E-state index in [0.717, 1.165) is 24.2 Å². The van der Waals surface area contributed by atoms with E-state index in [9.17, 15) is 4.79 Å². The number of nitrogens with zero attached hydrogens (tertiary/aromatic N) is 2. The minimum absolute atomic E-state index is 0.0147. The molecule has 0 spiro atoms. The van der Waals surface area contributed by atoms with Crippen LogP contribution in [0.25, 0.3) is 0 Å². The highest BCUT2D eigenvalue weighted by Crippen LogP contribution is 2.11. The summed E-state index contributed by atoms with van der Waals surface area (Å²) in [7, 11) is 2.03. The largest absolute Gasteiger partial charge is 0.301 e. The third-order valence-corrected chi connectivity index (χ3v) is 3.27. The summed E-state index contributed by atoms with van der Waals surface area (Å²) >= 11 is 0. The Kier molecular flexibility index (Phi) is 5.02. The second-order valence-electron chi connectivity index (χ2n) is 5.19. The molecule has 0 saturated carbocycles. The van der Waals surface area contributed by atoms with Crippen LogP contribution in [0.2, 0.25) is 0 Å². The Morgan fingerprint density at radius 1 is 1.20 bits per heavy atom. The SMILES string of the molecule is CC(CN(C)Cc1cccnc1)C(=O)c1ccccc1. The van der Waals surface area contributed by atoms with Crippen molar-refractivity contribution in [3.8, 4) is 0 Å². The normalized spacial score (nSPS) is 12.3. The highest BCUT2D eigenvalue weighted by atomic mass is 16.1. The van der Waals surface area contributed by atoms with E-state index in [-0.39, 0.29) is 11.7 Å². The molecule has 0 radical (unpaired) electrons. The zero-order chi connectivity index (χ0) is 14.4.